The lowest BCUT2D eigenvalue weighted by molar-refractivity contribution is 0.324. The van der Waals surface area contributed by atoms with Crippen LogP contribution in [-0.4, -0.2) is 5.38 Å². The van der Waals surface area contributed by atoms with Gasteiger partial charge in [0.25, 0.3) is 0 Å². The molecule has 0 aromatic heterocycles. The largest absolute Gasteiger partial charge is 0.207 e. The highest BCUT2D eigenvalue weighted by atomic mass is 35.5. The number of hydrogen-bond acceptors (Lipinski definition) is 0. The zero-order valence-corrected chi connectivity index (χ0v) is 10.0. The molecule has 88 valence electrons. The van der Waals surface area contributed by atoms with Crippen molar-refractivity contribution in [2.75, 3.05) is 0 Å². The van der Waals surface area contributed by atoms with E-state index in [2.05, 4.69) is 6.92 Å². The molecular formula is C13H15ClF2. The van der Waals surface area contributed by atoms with Crippen LogP contribution in [0.3, 0.4) is 0 Å². The van der Waals surface area contributed by atoms with Gasteiger partial charge in [-0.15, -0.1) is 11.6 Å². The molecule has 3 heteroatoms. The first-order valence-electron chi connectivity index (χ1n) is 5.57. The minimum absolute atomic E-state index is 0.0601. The molecule has 2 atom stereocenters. The van der Waals surface area contributed by atoms with Gasteiger partial charge in [-0.1, -0.05) is 13.0 Å². The minimum atomic E-state index is -0.445. The average molecular weight is 245 g/mol. The average Bonchev–Trinajstić information content (AvgIpc) is 2.53. The molecule has 0 nitrogen and oxygen atoms in total. The fraction of sp³-hybridized carbons (Fsp3) is 0.538. The molecule has 0 amide bonds. The summed E-state index contributed by atoms with van der Waals surface area (Å²) in [6, 6.07) is 4.03. The Morgan fingerprint density at radius 1 is 1.38 bits per heavy atom. The molecule has 1 aromatic rings. The molecule has 1 fully saturated rings. The van der Waals surface area contributed by atoms with Gasteiger partial charge in [-0.2, -0.15) is 0 Å². The molecule has 0 N–H and O–H groups in total. The molecule has 0 spiro atoms. The summed E-state index contributed by atoms with van der Waals surface area (Å²) >= 11 is 6.05. The van der Waals surface area contributed by atoms with Crippen molar-refractivity contribution in [2.24, 2.45) is 5.41 Å². The Bertz CT molecular complexity index is 371. The minimum Gasteiger partial charge on any atom is -0.207 e. The van der Waals surface area contributed by atoms with E-state index in [0.717, 1.165) is 19.3 Å². The summed E-state index contributed by atoms with van der Waals surface area (Å²) in [7, 11) is 0. The summed E-state index contributed by atoms with van der Waals surface area (Å²) in [6.07, 6.45) is 3.15. The second-order valence-electron chi connectivity index (χ2n) is 5.03. The summed E-state index contributed by atoms with van der Waals surface area (Å²) in [4.78, 5) is 0. The maximum Gasteiger partial charge on any atom is 0.129 e. The lowest BCUT2D eigenvalue weighted by Crippen LogP contribution is -2.17. The molecule has 0 saturated heterocycles. The van der Waals surface area contributed by atoms with Crippen molar-refractivity contribution in [1.82, 2.24) is 0 Å². The quantitative estimate of drug-likeness (QED) is 0.681. The number of hydrogen-bond donors (Lipinski definition) is 0. The van der Waals surface area contributed by atoms with E-state index in [1.54, 1.807) is 0 Å². The molecule has 0 radical (unpaired) electrons. The Labute approximate surface area is 99.6 Å². The lowest BCUT2D eigenvalue weighted by Gasteiger charge is -2.24. The van der Waals surface area contributed by atoms with Crippen LogP contribution in [0.15, 0.2) is 18.2 Å². The van der Waals surface area contributed by atoms with E-state index in [1.807, 2.05) is 0 Å². The number of benzene rings is 1. The third-order valence-corrected chi connectivity index (χ3v) is 3.81. The van der Waals surface area contributed by atoms with Gasteiger partial charge in [-0.3, -0.25) is 0 Å². The van der Waals surface area contributed by atoms with Gasteiger partial charge < -0.3 is 0 Å². The Morgan fingerprint density at radius 2 is 2.00 bits per heavy atom. The van der Waals surface area contributed by atoms with Crippen LogP contribution in [0.5, 0.6) is 0 Å². The third-order valence-electron chi connectivity index (χ3n) is 3.44. The van der Waals surface area contributed by atoms with Crippen molar-refractivity contribution in [3.63, 3.8) is 0 Å². The normalized spacial score (nSPS) is 29.6. The standard InChI is InChI=1S/C13H15ClF2/c1-13(6-5-9(14)7-13)8-10-11(15)3-2-4-12(10)16/h2-4,9H,5-8H2,1H3. The van der Waals surface area contributed by atoms with Crippen molar-refractivity contribution in [3.8, 4) is 0 Å². The molecule has 1 aliphatic carbocycles. The summed E-state index contributed by atoms with van der Waals surface area (Å²) in [5.41, 5.74) is 0.144. The first-order chi connectivity index (χ1) is 7.50. The van der Waals surface area contributed by atoms with Gasteiger partial charge in [0.1, 0.15) is 11.6 Å². The van der Waals surface area contributed by atoms with E-state index in [1.165, 1.54) is 18.2 Å². The second-order valence-corrected chi connectivity index (χ2v) is 5.64. The first kappa shape index (κ1) is 11.8. The van der Waals surface area contributed by atoms with Crippen molar-refractivity contribution in [1.29, 1.82) is 0 Å². The molecular weight excluding hydrogens is 230 g/mol. The SMILES string of the molecule is CC1(Cc2c(F)cccc2F)CCC(Cl)C1. The molecule has 16 heavy (non-hydrogen) atoms. The number of alkyl halides is 1. The summed E-state index contributed by atoms with van der Waals surface area (Å²) < 4.78 is 27.0. The highest BCUT2D eigenvalue weighted by Gasteiger charge is 2.35. The van der Waals surface area contributed by atoms with Crippen LogP contribution in [0, 0.1) is 17.0 Å². The monoisotopic (exact) mass is 244 g/mol. The highest BCUT2D eigenvalue weighted by molar-refractivity contribution is 6.20. The van der Waals surface area contributed by atoms with E-state index in [0.29, 0.717) is 6.42 Å². The maximum atomic E-state index is 13.5. The molecule has 1 saturated carbocycles. The zero-order chi connectivity index (χ0) is 11.8. The molecule has 0 bridgehead atoms. The number of halogens is 3. The predicted octanol–water partition coefficient (Wildman–Crippen LogP) is 4.30. The van der Waals surface area contributed by atoms with Crippen LogP contribution in [0.2, 0.25) is 0 Å². The maximum absolute atomic E-state index is 13.5. The Balaban J connectivity index is 2.21. The van der Waals surface area contributed by atoms with E-state index in [9.17, 15) is 8.78 Å². The van der Waals surface area contributed by atoms with Crippen molar-refractivity contribution < 1.29 is 8.78 Å². The fourth-order valence-electron chi connectivity index (χ4n) is 2.53. The van der Waals surface area contributed by atoms with Crippen LogP contribution in [0.25, 0.3) is 0 Å². The van der Waals surface area contributed by atoms with Gasteiger partial charge in [0.2, 0.25) is 0 Å². The van der Waals surface area contributed by atoms with E-state index in [-0.39, 0.29) is 16.4 Å². The molecule has 2 unspecified atom stereocenters. The lowest BCUT2D eigenvalue weighted by atomic mass is 9.82. The molecule has 1 aliphatic rings. The van der Waals surface area contributed by atoms with Crippen molar-refractivity contribution in [2.45, 2.75) is 38.0 Å². The predicted molar refractivity (Wildman–Crippen MR) is 61.7 cm³/mol. The highest BCUT2D eigenvalue weighted by Crippen LogP contribution is 2.43. The Morgan fingerprint density at radius 3 is 2.50 bits per heavy atom. The van der Waals surface area contributed by atoms with Gasteiger partial charge in [0.15, 0.2) is 0 Å². The fourth-order valence-corrected chi connectivity index (χ4v) is 3.01. The smallest absolute Gasteiger partial charge is 0.129 e. The first-order valence-corrected chi connectivity index (χ1v) is 6.01. The zero-order valence-electron chi connectivity index (χ0n) is 9.27. The van der Waals surface area contributed by atoms with E-state index < -0.39 is 11.6 Å². The summed E-state index contributed by atoms with van der Waals surface area (Å²) in [5.74, 6) is -0.890. The van der Waals surface area contributed by atoms with Crippen LogP contribution in [-0.2, 0) is 6.42 Å². The Hall–Kier alpha value is -0.630. The van der Waals surface area contributed by atoms with Gasteiger partial charge >= 0.3 is 0 Å². The summed E-state index contributed by atoms with van der Waals surface area (Å²) in [6.45, 7) is 2.06. The Kier molecular flexibility index (Phi) is 3.20. The second kappa shape index (κ2) is 4.33. The third kappa shape index (κ3) is 2.37. The van der Waals surface area contributed by atoms with Crippen LogP contribution >= 0.6 is 11.6 Å². The van der Waals surface area contributed by atoms with Crippen LogP contribution < -0.4 is 0 Å². The molecule has 0 heterocycles. The topological polar surface area (TPSA) is 0 Å². The van der Waals surface area contributed by atoms with Gasteiger partial charge in [0.05, 0.1) is 0 Å². The van der Waals surface area contributed by atoms with Crippen molar-refractivity contribution in [3.05, 3.63) is 35.4 Å². The summed E-state index contributed by atoms with van der Waals surface area (Å²) in [5, 5.41) is 0.153. The molecule has 1 aromatic carbocycles. The van der Waals surface area contributed by atoms with E-state index >= 15 is 0 Å². The van der Waals surface area contributed by atoms with Gasteiger partial charge in [0, 0.05) is 10.9 Å². The van der Waals surface area contributed by atoms with Gasteiger partial charge in [-0.05, 0) is 43.2 Å². The molecule has 0 aliphatic heterocycles. The number of rotatable bonds is 2. The van der Waals surface area contributed by atoms with Crippen molar-refractivity contribution >= 4 is 11.6 Å². The molecule has 2 rings (SSSR count). The van der Waals surface area contributed by atoms with Crippen LogP contribution in [0.1, 0.15) is 31.7 Å². The van der Waals surface area contributed by atoms with Gasteiger partial charge in [-0.25, -0.2) is 8.78 Å². The van der Waals surface area contributed by atoms with Crippen LogP contribution in [0.4, 0.5) is 8.78 Å². The van der Waals surface area contributed by atoms with E-state index in [4.69, 9.17) is 11.6 Å².